The average molecular weight is 231 g/mol. The molecular formula is C8H7BrO3. The first-order valence-electron chi connectivity index (χ1n) is 3.29. The maximum atomic E-state index is 10.3. The monoisotopic (exact) mass is 230 g/mol. The molecule has 0 saturated heterocycles. The van der Waals surface area contributed by atoms with Gasteiger partial charge in [0, 0.05) is 0 Å². The fourth-order valence-electron chi connectivity index (χ4n) is 0.843. The zero-order valence-corrected chi connectivity index (χ0v) is 7.71. The van der Waals surface area contributed by atoms with Crippen LogP contribution in [0.4, 0.5) is 0 Å². The molecule has 64 valence electrons. The molecule has 1 rings (SSSR count). The van der Waals surface area contributed by atoms with E-state index in [-0.39, 0.29) is 12.2 Å². The van der Waals surface area contributed by atoms with Crippen LogP contribution in [0.2, 0.25) is 0 Å². The molecule has 1 aromatic rings. The molecule has 0 radical (unpaired) electrons. The number of carbonyl (C=O) groups is 1. The standard InChI is InChI=1S/C8H7BrO3/c9-6-2-1-5(3-7(6)10)4-8(11)12/h1-3,10H,4H2,(H,11,12). The second kappa shape index (κ2) is 3.58. The van der Waals surface area contributed by atoms with Gasteiger partial charge in [-0.25, -0.2) is 0 Å². The number of aromatic hydroxyl groups is 1. The van der Waals surface area contributed by atoms with Gasteiger partial charge < -0.3 is 10.2 Å². The second-order valence-corrected chi connectivity index (χ2v) is 3.21. The van der Waals surface area contributed by atoms with E-state index in [4.69, 9.17) is 5.11 Å². The lowest BCUT2D eigenvalue weighted by molar-refractivity contribution is -0.136. The molecule has 0 unspecified atom stereocenters. The largest absolute Gasteiger partial charge is 0.507 e. The molecule has 2 N–H and O–H groups in total. The van der Waals surface area contributed by atoms with Crippen molar-refractivity contribution in [2.24, 2.45) is 0 Å². The average Bonchev–Trinajstić information content (AvgIpc) is 1.96. The van der Waals surface area contributed by atoms with Crippen LogP contribution in [0.15, 0.2) is 22.7 Å². The van der Waals surface area contributed by atoms with Gasteiger partial charge in [0.1, 0.15) is 5.75 Å². The van der Waals surface area contributed by atoms with E-state index in [1.54, 1.807) is 12.1 Å². The molecule has 0 aliphatic carbocycles. The summed E-state index contributed by atoms with van der Waals surface area (Å²) >= 11 is 3.10. The van der Waals surface area contributed by atoms with Crippen LogP contribution in [-0.4, -0.2) is 16.2 Å². The van der Waals surface area contributed by atoms with Gasteiger partial charge in [0.25, 0.3) is 0 Å². The molecule has 0 spiro atoms. The third-order valence-corrected chi connectivity index (χ3v) is 2.04. The van der Waals surface area contributed by atoms with Crippen molar-refractivity contribution >= 4 is 21.9 Å². The molecule has 0 saturated carbocycles. The number of hydrogen-bond acceptors (Lipinski definition) is 2. The number of benzene rings is 1. The Morgan fingerprint density at radius 3 is 2.67 bits per heavy atom. The molecule has 0 bridgehead atoms. The minimum Gasteiger partial charge on any atom is -0.507 e. The Kier molecular flexibility index (Phi) is 2.70. The molecule has 0 atom stereocenters. The predicted octanol–water partition coefficient (Wildman–Crippen LogP) is 1.78. The fourth-order valence-corrected chi connectivity index (χ4v) is 1.09. The lowest BCUT2D eigenvalue weighted by Crippen LogP contribution is -1.99. The van der Waals surface area contributed by atoms with Gasteiger partial charge >= 0.3 is 5.97 Å². The number of carboxylic acid groups (broad SMARTS) is 1. The smallest absolute Gasteiger partial charge is 0.307 e. The number of rotatable bonds is 2. The molecule has 3 nitrogen and oxygen atoms in total. The normalized spacial score (nSPS) is 9.75. The third-order valence-electron chi connectivity index (χ3n) is 1.37. The van der Waals surface area contributed by atoms with Crippen molar-refractivity contribution < 1.29 is 15.0 Å². The van der Waals surface area contributed by atoms with E-state index >= 15 is 0 Å². The van der Waals surface area contributed by atoms with Crippen LogP contribution in [0.3, 0.4) is 0 Å². The quantitative estimate of drug-likeness (QED) is 0.815. The van der Waals surface area contributed by atoms with Crippen molar-refractivity contribution in [2.75, 3.05) is 0 Å². The summed E-state index contributed by atoms with van der Waals surface area (Å²) in [6.07, 6.45) is -0.0686. The Labute approximate surface area is 77.8 Å². The van der Waals surface area contributed by atoms with Crippen LogP contribution in [0.25, 0.3) is 0 Å². The predicted molar refractivity (Wildman–Crippen MR) is 47.1 cm³/mol. The maximum absolute atomic E-state index is 10.3. The van der Waals surface area contributed by atoms with Crippen molar-refractivity contribution in [1.29, 1.82) is 0 Å². The van der Waals surface area contributed by atoms with Crippen LogP contribution < -0.4 is 0 Å². The summed E-state index contributed by atoms with van der Waals surface area (Å²) in [5.74, 6) is -0.842. The van der Waals surface area contributed by atoms with Crippen molar-refractivity contribution in [3.63, 3.8) is 0 Å². The van der Waals surface area contributed by atoms with Crippen LogP contribution >= 0.6 is 15.9 Å². The highest BCUT2D eigenvalue weighted by Gasteiger charge is 2.03. The lowest BCUT2D eigenvalue weighted by atomic mass is 10.1. The second-order valence-electron chi connectivity index (χ2n) is 2.36. The molecule has 0 aromatic heterocycles. The van der Waals surface area contributed by atoms with Gasteiger partial charge in [0.2, 0.25) is 0 Å². The molecule has 0 aliphatic rings. The minimum atomic E-state index is -0.906. The number of phenolic OH excluding ortho intramolecular Hbond substituents is 1. The number of phenols is 1. The summed E-state index contributed by atoms with van der Waals surface area (Å²) in [4.78, 5) is 10.3. The number of halogens is 1. The Morgan fingerprint density at radius 1 is 1.50 bits per heavy atom. The van der Waals surface area contributed by atoms with Crippen molar-refractivity contribution in [3.05, 3.63) is 28.2 Å². The summed E-state index contributed by atoms with van der Waals surface area (Å²) in [6.45, 7) is 0. The fraction of sp³-hybridized carbons (Fsp3) is 0.125. The molecular weight excluding hydrogens is 224 g/mol. The topological polar surface area (TPSA) is 57.5 Å². The van der Waals surface area contributed by atoms with Gasteiger partial charge in [0.05, 0.1) is 10.9 Å². The van der Waals surface area contributed by atoms with Crippen molar-refractivity contribution in [1.82, 2.24) is 0 Å². The summed E-state index contributed by atoms with van der Waals surface area (Å²) in [6, 6.07) is 4.70. The van der Waals surface area contributed by atoms with E-state index in [0.29, 0.717) is 10.0 Å². The molecule has 0 aliphatic heterocycles. The van der Waals surface area contributed by atoms with Gasteiger partial charge in [-0.3, -0.25) is 4.79 Å². The van der Waals surface area contributed by atoms with Crippen LogP contribution in [0, 0.1) is 0 Å². The lowest BCUT2D eigenvalue weighted by Gasteiger charge is -1.99. The molecule has 0 heterocycles. The molecule has 1 aromatic carbocycles. The van der Waals surface area contributed by atoms with Crippen LogP contribution in [0.5, 0.6) is 5.75 Å². The van der Waals surface area contributed by atoms with Crippen molar-refractivity contribution in [2.45, 2.75) is 6.42 Å². The van der Waals surface area contributed by atoms with Crippen molar-refractivity contribution in [3.8, 4) is 5.75 Å². The molecule has 12 heavy (non-hydrogen) atoms. The first-order valence-corrected chi connectivity index (χ1v) is 4.08. The number of carboxylic acids is 1. The summed E-state index contributed by atoms with van der Waals surface area (Å²) in [5, 5.41) is 17.6. The van der Waals surface area contributed by atoms with E-state index in [1.807, 2.05) is 0 Å². The van der Waals surface area contributed by atoms with E-state index in [9.17, 15) is 9.90 Å². The summed E-state index contributed by atoms with van der Waals surface area (Å²) < 4.78 is 0.566. The van der Waals surface area contributed by atoms with Gasteiger partial charge in [-0.15, -0.1) is 0 Å². The summed E-state index contributed by atoms with van der Waals surface area (Å²) in [5.41, 5.74) is 0.586. The van der Waals surface area contributed by atoms with Crippen LogP contribution in [-0.2, 0) is 11.2 Å². The van der Waals surface area contributed by atoms with E-state index in [0.717, 1.165) is 0 Å². The first kappa shape index (κ1) is 9.06. The van der Waals surface area contributed by atoms with E-state index in [2.05, 4.69) is 15.9 Å². The van der Waals surface area contributed by atoms with Gasteiger partial charge in [-0.1, -0.05) is 6.07 Å². The zero-order chi connectivity index (χ0) is 9.14. The first-order chi connectivity index (χ1) is 5.59. The molecule has 0 fully saturated rings. The Hall–Kier alpha value is -1.03. The molecule has 4 heteroatoms. The number of hydrogen-bond donors (Lipinski definition) is 2. The summed E-state index contributed by atoms with van der Waals surface area (Å²) in [7, 11) is 0. The molecule has 0 amide bonds. The van der Waals surface area contributed by atoms with Gasteiger partial charge in [-0.05, 0) is 33.6 Å². The minimum absolute atomic E-state index is 0.0637. The Balaban J connectivity index is 2.89. The Bertz CT molecular complexity index is 309. The Morgan fingerprint density at radius 2 is 2.17 bits per heavy atom. The highest BCUT2D eigenvalue weighted by Crippen LogP contribution is 2.24. The third kappa shape index (κ3) is 2.23. The SMILES string of the molecule is O=C(O)Cc1ccc(Br)c(O)c1. The maximum Gasteiger partial charge on any atom is 0.307 e. The van der Waals surface area contributed by atoms with E-state index < -0.39 is 5.97 Å². The number of aliphatic carboxylic acids is 1. The van der Waals surface area contributed by atoms with E-state index in [1.165, 1.54) is 6.07 Å². The van der Waals surface area contributed by atoms with Gasteiger partial charge in [-0.2, -0.15) is 0 Å². The highest BCUT2D eigenvalue weighted by atomic mass is 79.9. The van der Waals surface area contributed by atoms with Gasteiger partial charge in [0.15, 0.2) is 0 Å². The zero-order valence-electron chi connectivity index (χ0n) is 6.12. The van der Waals surface area contributed by atoms with Crippen LogP contribution in [0.1, 0.15) is 5.56 Å². The highest BCUT2D eigenvalue weighted by molar-refractivity contribution is 9.10.